The Balaban J connectivity index is 1.65. The van der Waals surface area contributed by atoms with Crippen LogP contribution in [0.15, 0.2) is 42.5 Å². The number of esters is 1. The summed E-state index contributed by atoms with van der Waals surface area (Å²) in [5.41, 5.74) is 2.72. The van der Waals surface area contributed by atoms with Crippen LogP contribution in [-0.4, -0.2) is 41.4 Å². The monoisotopic (exact) mass is 413 g/mol. The van der Waals surface area contributed by atoms with Gasteiger partial charge in [0.05, 0.1) is 6.42 Å². The summed E-state index contributed by atoms with van der Waals surface area (Å²) in [6.07, 6.45) is 5.66. The molecule has 7 heteroatoms. The number of amides is 1. The van der Waals surface area contributed by atoms with E-state index < -0.39 is 36.1 Å². The maximum atomic E-state index is 12.4. The Morgan fingerprint density at radius 3 is 2.67 bits per heavy atom. The van der Waals surface area contributed by atoms with Gasteiger partial charge in [-0.15, -0.1) is 0 Å². The van der Waals surface area contributed by atoms with Gasteiger partial charge >= 0.3 is 18.0 Å². The fourth-order valence-corrected chi connectivity index (χ4v) is 3.91. The standard InChI is InChI=1S/C23H27NO6/c1-23(2,3)30-21(27)19(12-20(25)26)24-22(28)29-13-18-16-10-6-4-8-14(16)15-9-5-7-11-17(15)18/h4-10,17-19H,11-13H2,1-3H3,(H,24,28)(H,25,26)/t17?,18?,19-/m1/s1. The van der Waals surface area contributed by atoms with Crippen LogP contribution < -0.4 is 5.32 Å². The smallest absolute Gasteiger partial charge is 0.407 e. The van der Waals surface area contributed by atoms with E-state index >= 15 is 0 Å². The molecule has 0 radical (unpaired) electrons. The van der Waals surface area contributed by atoms with Gasteiger partial charge in [-0.1, -0.05) is 42.5 Å². The first-order chi connectivity index (χ1) is 14.2. The van der Waals surface area contributed by atoms with Crippen LogP contribution in [-0.2, 0) is 19.1 Å². The molecule has 2 unspecified atom stereocenters. The van der Waals surface area contributed by atoms with Gasteiger partial charge in [0.25, 0.3) is 0 Å². The van der Waals surface area contributed by atoms with E-state index in [-0.39, 0.29) is 18.4 Å². The van der Waals surface area contributed by atoms with Crippen molar-refractivity contribution in [2.24, 2.45) is 5.92 Å². The van der Waals surface area contributed by atoms with Crippen LogP contribution in [0.1, 0.15) is 50.7 Å². The normalized spacial score (nSPS) is 20.4. The minimum absolute atomic E-state index is 0.00241. The Morgan fingerprint density at radius 1 is 1.23 bits per heavy atom. The quantitative estimate of drug-likeness (QED) is 0.690. The van der Waals surface area contributed by atoms with Crippen molar-refractivity contribution < 1.29 is 29.0 Å². The third-order valence-corrected chi connectivity index (χ3v) is 5.11. The molecule has 0 saturated heterocycles. The number of nitrogens with one attached hydrogen (secondary N) is 1. The number of allylic oxidation sites excluding steroid dienone is 4. The second-order valence-electron chi connectivity index (χ2n) is 8.51. The number of hydrogen-bond donors (Lipinski definition) is 2. The lowest BCUT2D eigenvalue weighted by Crippen LogP contribution is -2.45. The van der Waals surface area contributed by atoms with E-state index in [1.54, 1.807) is 20.8 Å². The Kier molecular flexibility index (Phi) is 6.29. The maximum Gasteiger partial charge on any atom is 0.407 e. The molecule has 0 aliphatic heterocycles. The van der Waals surface area contributed by atoms with Crippen LogP contribution >= 0.6 is 0 Å². The summed E-state index contributed by atoms with van der Waals surface area (Å²) in [4.78, 5) is 35.8. The summed E-state index contributed by atoms with van der Waals surface area (Å²) in [5.74, 6) is -1.81. The third kappa shape index (κ3) is 5.09. The van der Waals surface area contributed by atoms with Crippen molar-refractivity contribution in [3.63, 3.8) is 0 Å². The van der Waals surface area contributed by atoms with Crippen molar-refractivity contribution in [1.29, 1.82) is 0 Å². The molecule has 0 aromatic heterocycles. The Hall–Kier alpha value is -3.09. The largest absolute Gasteiger partial charge is 0.481 e. The van der Waals surface area contributed by atoms with Gasteiger partial charge in [-0.25, -0.2) is 9.59 Å². The van der Waals surface area contributed by atoms with E-state index in [0.717, 1.165) is 12.0 Å². The average molecular weight is 413 g/mol. The van der Waals surface area contributed by atoms with Crippen LogP contribution in [0.5, 0.6) is 0 Å². The zero-order valence-electron chi connectivity index (χ0n) is 17.4. The molecule has 2 aliphatic rings. The molecule has 1 aromatic rings. The highest BCUT2D eigenvalue weighted by molar-refractivity contribution is 5.86. The maximum absolute atomic E-state index is 12.4. The summed E-state index contributed by atoms with van der Waals surface area (Å²) < 4.78 is 10.6. The fraction of sp³-hybridized carbons (Fsp3) is 0.435. The molecular weight excluding hydrogens is 386 g/mol. The zero-order chi connectivity index (χ0) is 21.9. The first-order valence-corrected chi connectivity index (χ1v) is 9.99. The third-order valence-electron chi connectivity index (χ3n) is 5.11. The lowest BCUT2D eigenvalue weighted by Gasteiger charge is -2.24. The summed E-state index contributed by atoms with van der Waals surface area (Å²) in [7, 11) is 0. The summed E-state index contributed by atoms with van der Waals surface area (Å²) in [6, 6.07) is 6.73. The Labute approximate surface area is 175 Å². The van der Waals surface area contributed by atoms with Crippen molar-refractivity contribution in [2.75, 3.05) is 6.61 Å². The topological polar surface area (TPSA) is 102 Å². The zero-order valence-corrected chi connectivity index (χ0v) is 17.4. The molecule has 0 heterocycles. The number of carbonyl (C=O) groups excluding carboxylic acids is 2. The van der Waals surface area contributed by atoms with Crippen LogP contribution in [0.2, 0.25) is 0 Å². The van der Waals surface area contributed by atoms with Crippen molar-refractivity contribution in [1.82, 2.24) is 5.32 Å². The lowest BCUT2D eigenvalue weighted by atomic mass is 9.86. The Morgan fingerprint density at radius 2 is 1.97 bits per heavy atom. The van der Waals surface area contributed by atoms with Gasteiger partial charge in [0.2, 0.25) is 0 Å². The molecule has 0 bridgehead atoms. The fourth-order valence-electron chi connectivity index (χ4n) is 3.91. The van der Waals surface area contributed by atoms with Crippen molar-refractivity contribution in [3.8, 4) is 0 Å². The number of hydrogen-bond acceptors (Lipinski definition) is 5. The number of fused-ring (bicyclic) bond motifs is 3. The number of ether oxygens (including phenoxy) is 2. The SMILES string of the molecule is CC(C)(C)OC(=O)[C@@H](CC(=O)O)NC(=O)OCC1c2ccccc2C2=CC=CCC21. The predicted molar refractivity (Wildman–Crippen MR) is 111 cm³/mol. The predicted octanol–water partition coefficient (Wildman–Crippen LogP) is 3.65. The molecule has 3 atom stereocenters. The first-order valence-electron chi connectivity index (χ1n) is 9.99. The van der Waals surface area contributed by atoms with Gasteiger partial charge in [0.15, 0.2) is 0 Å². The number of aliphatic carboxylic acids is 1. The summed E-state index contributed by atoms with van der Waals surface area (Å²) in [6.45, 7) is 5.14. The minimum Gasteiger partial charge on any atom is -0.481 e. The highest BCUT2D eigenvalue weighted by Crippen LogP contribution is 2.49. The molecule has 0 fully saturated rings. The van der Waals surface area contributed by atoms with E-state index in [4.69, 9.17) is 14.6 Å². The molecule has 2 N–H and O–H groups in total. The van der Waals surface area contributed by atoms with Crippen molar-refractivity contribution in [3.05, 3.63) is 53.6 Å². The van der Waals surface area contributed by atoms with Gasteiger partial charge in [-0.2, -0.15) is 0 Å². The first kappa shape index (κ1) is 21.6. The molecule has 30 heavy (non-hydrogen) atoms. The van der Waals surface area contributed by atoms with Crippen LogP contribution in [0.4, 0.5) is 4.79 Å². The molecular formula is C23H27NO6. The number of alkyl carbamates (subject to hydrolysis) is 1. The van der Waals surface area contributed by atoms with E-state index in [2.05, 4.69) is 23.5 Å². The molecule has 1 aromatic carbocycles. The number of carboxylic acids is 1. The molecule has 7 nitrogen and oxygen atoms in total. The van der Waals surface area contributed by atoms with Gasteiger partial charge in [0, 0.05) is 5.92 Å². The number of rotatable bonds is 6. The van der Waals surface area contributed by atoms with Crippen LogP contribution in [0.25, 0.3) is 5.57 Å². The van der Waals surface area contributed by atoms with Gasteiger partial charge in [-0.05, 0) is 49.8 Å². The lowest BCUT2D eigenvalue weighted by molar-refractivity contribution is -0.159. The Bertz CT molecular complexity index is 895. The van der Waals surface area contributed by atoms with Crippen molar-refractivity contribution in [2.45, 2.75) is 51.2 Å². The van der Waals surface area contributed by atoms with E-state index in [1.165, 1.54) is 11.1 Å². The molecule has 160 valence electrons. The highest BCUT2D eigenvalue weighted by Gasteiger charge is 2.37. The summed E-state index contributed by atoms with van der Waals surface area (Å²) in [5, 5.41) is 11.4. The van der Waals surface area contributed by atoms with Gasteiger partial charge < -0.3 is 19.9 Å². The van der Waals surface area contributed by atoms with E-state index in [9.17, 15) is 14.4 Å². The van der Waals surface area contributed by atoms with Crippen molar-refractivity contribution >= 4 is 23.6 Å². The second kappa shape index (κ2) is 8.73. The molecule has 3 rings (SSSR count). The van der Waals surface area contributed by atoms with Crippen LogP contribution in [0.3, 0.4) is 0 Å². The second-order valence-corrected chi connectivity index (χ2v) is 8.51. The minimum atomic E-state index is -1.32. The van der Waals surface area contributed by atoms with Gasteiger partial charge in [0.1, 0.15) is 18.2 Å². The number of carboxylic acid groups (broad SMARTS) is 1. The van der Waals surface area contributed by atoms with Crippen LogP contribution in [0, 0.1) is 5.92 Å². The van der Waals surface area contributed by atoms with E-state index in [1.807, 2.05) is 24.3 Å². The summed E-state index contributed by atoms with van der Waals surface area (Å²) >= 11 is 0. The highest BCUT2D eigenvalue weighted by atomic mass is 16.6. The molecule has 0 saturated carbocycles. The molecule has 0 spiro atoms. The van der Waals surface area contributed by atoms with E-state index in [0.29, 0.717) is 0 Å². The average Bonchev–Trinajstić information content (AvgIpc) is 2.98. The van der Waals surface area contributed by atoms with Gasteiger partial charge in [-0.3, -0.25) is 4.79 Å². The molecule has 2 aliphatic carbocycles. The number of carbonyl (C=O) groups is 3. The number of benzene rings is 1. The molecule has 1 amide bonds.